The lowest BCUT2D eigenvalue weighted by Gasteiger charge is -2.21. The van der Waals surface area contributed by atoms with Crippen LogP contribution < -0.4 is 0 Å². The summed E-state index contributed by atoms with van der Waals surface area (Å²) in [4.78, 5) is 10.6. The SMILES string of the molecule is C=C(CCC1CC2CCC1C2)C(=O)O. The summed E-state index contributed by atoms with van der Waals surface area (Å²) in [5.41, 5.74) is 0.382. The van der Waals surface area contributed by atoms with Gasteiger partial charge in [0.2, 0.25) is 0 Å². The largest absolute Gasteiger partial charge is 0.478 e. The van der Waals surface area contributed by atoms with Crippen LogP contribution in [0.3, 0.4) is 0 Å². The maximum atomic E-state index is 10.6. The second-order valence-electron chi connectivity index (χ2n) is 4.88. The van der Waals surface area contributed by atoms with Crippen molar-refractivity contribution in [3.63, 3.8) is 0 Å². The first kappa shape index (κ1) is 9.75. The molecular formula is C12H18O2. The molecule has 0 amide bonds. The number of aliphatic carboxylic acids is 1. The molecule has 0 aromatic heterocycles. The number of carbonyl (C=O) groups is 1. The van der Waals surface area contributed by atoms with E-state index >= 15 is 0 Å². The van der Waals surface area contributed by atoms with Gasteiger partial charge in [-0.2, -0.15) is 0 Å². The third-order valence-corrected chi connectivity index (χ3v) is 4.00. The highest BCUT2D eigenvalue weighted by atomic mass is 16.4. The molecule has 0 aliphatic heterocycles. The molecule has 3 atom stereocenters. The predicted molar refractivity (Wildman–Crippen MR) is 54.9 cm³/mol. The van der Waals surface area contributed by atoms with Gasteiger partial charge in [-0.15, -0.1) is 0 Å². The van der Waals surface area contributed by atoms with Crippen LogP contribution in [0.2, 0.25) is 0 Å². The van der Waals surface area contributed by atoms with E-state index in [0.29, 0.717) is 12.0 Å². The number of hydrogen-bond acceptors (Lipinski definition) is 1. The zero-order valence-electron chi connectivity index (χ0n) is 8.54. The van der Waals surface area contributed by atoms with E-state index in [0.717, 1.165) is 24.2 Å². The Labute approximate surface area is 85.0 Å². The average molecular weight is 194 g/mol. The first-order valence-corrected chi connectivity index (χ1v) is 5.58. The first-order chi connectivity index (χ1) is 6.66. The highest BCUT2D eigenvalue weighted by Crippen LogP contribution is 2.50. The Morgan fingerprint density at radius 1 is 1.36 bits per heavy atom. The van der Waals surface area contributed by atoms with E-state index in [4.69, 9.17) is 5.11 Å². The van der Waals surface area contributed by atoms with Gasteiger partial charge in [0.15, 0.2) is 0 Å². The van der Waals surface area contributed by atoms with Gasteiger partial charge in [-0.3, -0.25) is 0 Å². The van der Waals surface area contributed by atoms with Gasteiger partial charge in [0, 0.05) is 5.57 Å². The van der Waals surface area contributed by atoms with E-state index in [1.807, 2.05) is 0 Å². The van der Waals surface area contributed by atoms with E-state index in [2.05, 4.69) is 6.58 Å². The summed E-state index contributed by atoms with van der Waals surface area (Å²) in [7, 11) is 0. The van der Waals surface area contributed by atoms with Crippen LogP contribution in [0.4, 0.5) is 0 Å². The molecule has 2 nitrogen and oxygen atoms in total. The van der Waals surface area contributed by atoms with Crippen molar-refractivity contribution in [2.75, 3.05) is 0 Å². The van der Waals surface area contributed by atoms with E-state index in [-0.39, 0.29) is 0 Å². The van der Waals surface area contributed by atoms with E-state index in [9.17, 15) is 4.79 Å². The summed E-state index contributed by atoms with van der Waals surface area (Å²) in [6, 6.07) is 0. The lowest BCUT2D eigenvalue weighted by molar-refractivity contribution is -0.132. The molecule has 1 N–H and O–H groups in total. The lowest BCUT2D eigenvalue weighted by atomic mass is 9.85. The van der Waals surface area contributed by atoms with Gasteiger partial charge in [0.05, 0.1) is 0 Å². The summed E-state index contributed by atoms with van der Waals surface area (Å²) in [5, 5.41) is 8.69. The minimum Gasteiger partial charge on any atom is -0.478 e. The van der Waals surface area contributed by atoms with Crippen molar-refractivity contribution in [2.24, 2.45) is 17.8 Å². The Kier molecular flexibility index (Phi) is 2.62. The molecule has 0 radical (unpaired) electrons. The predicted octanol–water partition coefficient (Wildman–Crippen LogP) is 2.84. The van der Waals surface area contributed by atoms with Crippen LogP contribution in [0.15, 0.2) is 12.2 Å². The highest BCUT2D eigenvalue weighted by molar-refractivity contribution is 5.85. The van der Waals surface area contributed by atoms with Gasteiger partial charge < -0.3 is 5.11 Å². The van der Waals surface area contributed by atoms with Gasteiger partial charge in [0.1, 0.15) is 0 Å². The molecule has 0 spiro atoms. The molecule has 3 unspecified atom stereocenters. The standard InChI is InChI=1S/C12H18O2/c1-8(12(13)14)2-4-10-6-9-3-5-11(10)7-9/h9-11H,1-7H2,(H,13,14). The topological polar surface area (TPSA) is 37.3 Å². The van der Waals surface area contributed by atoms with Crippen LogP contribution in [-0.4, -0.2) is 11.1 Å². The van der Waals surface area contributed by atoms with Gasteiger partial charge in [-0.05, 0) is 49.9 Å². The van der Waals surface area contributed by atoms with Gasteiger partial charge >= 0.3 is 5.97 Å². The van der Waals surface area contributed by atoms with Crippen LogP contribution in [-0.2, 0) is 4.79 Å². The van der Waals surface area contributed by atoms with Gasteiger partial charge in [0.25, 0.3) is 0 Å². The normalized spacial score (nSPS) is 34.7. The zero-order chi connectivity index (χ0) is 10.1. The Morgan fingerprint density at radius 2 is 2.14 bits per heavy atom. The Hall–Kier alpha value is -0.790. The minimum atomic E-state index is -0.826. The fraction of sp³-hybridized carbons (Fsp3) is 0.750. The second kappa shape index (κ2) is 3.76. The second-order valence-corrected chi connectivity index (χ2v) is 4.88. The zero-order valence-corrected chi connectivity index (χ0v) is 8.54. The van der Waals surface area contributed by atoms with Gasteiger partial charge in [-0.25, -0.2) is 4.79 Å². The average Bonchev–Trinajstić information content (AvgIpc) is 2.74. The molecular weight excluding hydrogens is 176 g/mol. The Bertz CT molecular complexity index is 257. The fourth-order valence-corrected chi connectivity index (χ4v) is 3.20. The minimum absolute atomic E-state index is 0.382. The van der Waals surface area contributed by atoms with Crippen molar-refractivity contribution in [1.29, 1.82) is 0 Å². The summed E-state index contributed by atoms with van der Waals surface area (Å²) in [6.45, 7) is 3.58. The first-order valence-electron chi connectivity index (χ1n) is 5.58. The van der Waals surface area contributed by atoms with Crippen molar-refractivity contribution in [3.05, 3.63) is 12.2 Å². The van der Waals surface area contributed by atoms with Crippen molar-refractivity contribution in [1.82, 2.24) is 0 Å². The summed E-state index contributed by atoms with van der Waals surface area (Å²) in [5.74, 6) is 1.84. The monoisotopic (exact) mass is 194 g/mol. The van der Waals surface area contributed by atoms with Crippen molar-refractivity contribution >= 4 is 5.97 Å². The maximum Gasteiger partial charge on any atom is 0.330 e. The van der Waals surface area contributed by atoms with E-state index in [1.165, 1.54) is 25.7 Å². The van der Waals surface area contributed by atoms with Crippen LogP contribution in [0.5, 0.6) is 0 Å². The Balaban J connectivity index is 1.77. The highest BCUT2D eigenvalue weighted by Gasteiger charge is 2.38. The molecule has 2 bridgehead atoms. The Morgan fingerprint density at radius 3 is 2.64 bits per heavy atom. The van der Waals surface area contributed by atoms with Crippen molar-refractivity contribution in [2.45, 2.75) is 38.5 Å². The van der Waals surface area contributed by atoms with E-state index in [1.54, 1.807) is 0 Å². The molecule has 2 saturated carbocycles. The molecule has 0 aromatic carbocycles. The number of fused-ring (bicyclic) bond motifs is 2. The fourth-order valence-electron chi connectivity index (χ4n) is 3.20. The van der Waals surface area contributed by atoms with Crippen LogP contribution in [0.1, 0.15) is 38.5 Å². The van der Waals surface area contributed by atoms with Crippen LogP contribution in [0, 0.1) is 17.8 Å². The third-order valence-electron chi connectivity index (χ3n) is 4.00. The van der Waals surface area contributed by atoms with Gasteiger partial charge in [-0.1, -0.05) is 13.0 Å². The van der Waals surface area contributed by atoms with E-state index < -0.39 is 5.97 Å². The molecule has 2 rings (SSSR count). The van der Waals surface area contributed by atoms with Crippen molar-refractivity contribution in [3.8, 4) is 0 Å². The van der Waals surface area contributed by atoms with Crippen LogP contribution >= 0.6 is 0 Å². The van der Waals surface area contributed by atoms with Crippen LogP contribution in [0.25, 0.3) is 0 Å². The number of carboxylic acid groups (broad SMARTS) is 1. The maximum absolute atomic E-state index is 10.6. The molecule has 2 aliphatic carbocycles. The molecule has 0 saturated heterocycles. The number of rotatable bonds is 4. The summed E-state index contributed by atoms with van der Waals surface area (Å²) < 4.78 is 0. The summed E-state index contributed by atoms with van der Waals surface area (Å²) >= 11 is 0. The molecule has 2 heteroatoms. The lowest BCUT2D eigenvalue weighted by Crippen LogP contribution is -2.11. The number of hydrogen-bond donors (Lipinski definition) is 1. The third kappa shape index (κ3) is 1.84. The summed E-state index contributed by atoms with van der Waals surface area (Å²) in [6.07, 6.45) is 7.28. The smallest absolute Gasteiger partial charge is 0.330 e. The quantitative estimate of drug-likeness (QED) is 0.699. The van der Waals surface area contributed by atoms with Crippen molar-refractivity contribution < 1.29 is 9.90 Å². The number of carboxylic acids is 1. The molecule has 0 aromatic rings. The molecule has 2 aliphatic rings. The molecule has 2 fully saturated rings. The molecule has 78 valence electrons. The molecule has 0 heterocycles. The molecule has 14 heavy (non-hydrogen) atoms.